The molecule has 1 aromatic heterocycles. The number of hydrogen-bond acceptors (Lipinski definition) is 9. The van der Waals surface area contributed by atoms with Gasteiger partial charge in [-0.1, -0.05) is 116 Å². The normalized spacial score (nSPS) is 11.6. The maximum Gasteiger partial charge on any atom is 0.336 e. The topological polar surface area (TPSA) is 66.0 Å². The Kier molecular flexibility index (Phi) is 39.2. The van der Waals surface area contributed by atoms with Gasteiger partial charge in [0.2, 0.25) is 0 Å². The summed E-state index contributed by atoms with van der Waals surface area (Å²) in [5.41, 5.74) is -1.26. The van der Waals surface area contributed by atoms with E-state index in [0.29, 0.717) is 19.6 Å². The van der Waals surface area contributed by atoms with E-state index in [9.17, 15) is 14.4 Å². The van der Waals surface area contributed by atoms with Crippen LogP contribution in [0.25, 0.3) is 0 Å². The first-order valence-electron chi connectivity index (χ1n) is 22.1. The molecule has 0 radical (unpaired) electrons. The predicted octanol–water partition coefficient (Wildman–Crippen LogP) is 11.7. The van der Waals surface area contributed by atoms with E-state index in [0.717, 1.165) is 71.0 Å². The van der Waals surface area contributed by atoms with Crippen molar-refractivity contribution in [3.05, 3.63) is 31.5 Å². The first kappa shape index (κ1) is 52.5. The van der Waals surface area contributed by atoms with E-state index in [2.05, 4.69) is 37.9 Å². The third-order valence-electron chi connectivity index (χ3n) is 9.99. The Morgan fingerprint density at radius 1 is 0.278 bits per heavy atom. The molecule has 0 unspecified atom stereocenters. The Bertz CT molecular complexity index is 977. The van der Waals surface area contributed by atoms with Crippen molar-refractivity contribution in [2.45, 2.75) is 193 Å². The van der Waals surface area contributed by atoms with Crippen LogP contribution in [0.1, 0.15) is 173 Å². The fraction of sp³-hybridized carbons (Fsp3) is 0.929. The van der Waals surface area contributed by atoms with E-state index < -0.39 is 17.1 Å². The minimum atomic E-state index is -0.420. The molecule has 0 amide bonds. The molecule has 1 rings (SSSR count). The van der Waals surface area contributed by atoms with E-state index in [-0.39, 0.29) is 0 Å². The summed E-state index contributed by atoms with van der Waals surface area (Å²) >= 11 is 18.6. The van der Waals surface area contributed by atoms with Gasteiger partial charge in [0.1, 0.15) is 0 Å². The van der Waals surface area contributed by atoms with Crippen LogP contribution < -0.4 is 17.1 Å². The van der Waals surface area contributed by atoms with Crippen LogP contribution in [-0.4, -0.2) is 65.5 Å². The zero-order chi connectivity index (χ0) is 39.2. The number of rotatable bonds is 42. The van der Waals surface area contributed by atoms with E-state index >= 15 is 0 Å². The SMILES string of the molecule is O=c1n(CCCSCCCCCCCCCCS)c(=O)n(CCCSCCCCCCCCCCS)c(=O)n1CCCSCCCCCCCCCCS. The average molecular weight is 869 g/mol. The molecule has 1 aromatic rings. The molecule has 0 saturated heterocycles. The number of nitrogens with zero attached hydrogens (tertiary/aromatic N) is 3. The molecule has 54 heavy (non-hydrogen) atoms. The first-order chi connectivity index (χ1) is 26.6. The third-order valence-corrected chi connectivity index (χ3v) is 14.4. The van der Waals surface area contributed by atoms with Gasteiger partial charge >= 0.3 is 17.1 Å². The van der Waals surface area contributed by atoms with E-state index in [1.807, 2.05) is 35.3 Å². The molecule has 0 saturated carbocycles. The number of aromatic nitrogens is 3. The van der Waals surface area contributed by atoms with Gasteiger partial charge in [-0.2, -0.15) is 73.2 Å². The van der Waals surface area contributed by atoms with Crippen LogP contribution in [0.15, 0.2) is 14.4 Å². The molecule has 0 atom stereocenters. The zero-order valence-corrected chi connectivity index (χ0v) is 39.3. The highest BCUT2D eigenvalue weighted by Gasteiger charge is 2.15. The lowest BCUT2D eigenvalue weighted by atomic mass is 10.1. The zero-order valence-electron chi connectivity index (χ0n) is 34.2. The van der Waals surface area contributed by atoms with Gasteiger partial charge < -0.3 is 0 Å². The van der Waals surface area contributed by atoms with Crippen molar-refractivity contribution in [2.75, 3.05) is 51.8 Å². The van der Waals surface area contributed by atoms with Gasteiger partial charge in [-0.25, -0.2) is 28.1 Å². The van der Waals surface area contributed by atoms with Crippen LogP contribution >= 0.6 is 73.2 Å². The standard InChI is InChI=1S/C42H81N3O3S6/c46-40-43(28-25-37-52-34-22-16-10-4-1-7-13-19-31-49)41(47)45(30-27-39-54-36-24-18-12-6-3-9-15-21-33-51)42(48)44(40)29-26-38-53-35-23-17-11-5-2-8-14-20-32-50/h49-51H,1-39H2. The van der Waals surface area contributed by atoms with Gasteiger partial charge in [0.25, 0.3) is 0 Å². The van der Waals surface area contributed by atoms with Gasteiger partial charge in [-0.15, -0.1) is 0 Å². The summed E-state index contributed by atoms with van der Waals surface area (Å²) < 4.78 is 4.06. The van der Waals surface area contributed by atoms with E-state index in [1.165, 1.54) is 168 Å². The average Bonchev–Trinajstić information content (AvgIpc) is 3.17. The second kappa shape index (κ2) is 40.3. The lowest BCUT2D eigenvalue weighted by Gasteiger charge is -2.14. The second-order valence-electron chi connectivity index (χ2n) is 14.9. The fourth-order valence-corrected chi connectivity index (χ4v) is 10.2. The smallest absolute Gasteiger partial charge is 0.247 e. The first-order valence-corrected chi connectivity index (χ1v) is 27.4. The Labute approximate surface area is 360 Å². The van der Waals surface area contributed by atoms with Crippen LogP contribution in [-0.2, 0) is 19.6 Å². The maximum absolute atomic E-state index is 13.5. The highest BCUT2D eigenvalue weighted by molar-refractivity contribution is 7.99. The Hall–Kier alpha value is 0.510. The van der Waals surface area contributed by atoms with Crippen LogP contribution in [0.5, 0.6) is 0 Å². The minimum absolute atomic E-state index is 0.380. The van der Waals surface area contributed by atoms with Crippen molar-refractivity contribution >= 4 is 73.2 Å². The Balaban J connectivity index is 2.54. The number of hydrogen-bond donors (Lipinski definition) is 3. The van der Waals surface area contributed by atoms with E-state index in [1.54, 1.807) is 0 Å². The molecule has 0 aliphatic carbocycles. The van der Waals surface area contributed by atoms with Crippen molar-refractivity contribution in [3.63, 3.8) is 0 Å². The molecule has 318 valence electrons. The Morgan fingerprint density at radius 3 is 0.685 bits per heavy atom. The summed E-state index contributed by atoms with van der Waals surface area (Å²) in [6, 6.07) is 0. The minimum Gasteiger partial charge on any atom is -0.247 e. The van der Waals surface area contributed by atoms with Gasteiger partial charge in [-0.05, 0) is 110 Å². The molecule has 6 nitrogen and oxygen atoms in total. The lowest BCUT2D eigenvalue weighted by molar-refractivity contribution is 0.440. The quantitative estimate of drug-likeness (QED) is 0.0449. The summed E-state index contributed by atoms with van der Waals surface area (Å²) in [5, 5.41) is 0. The number of unbranched alkanes of at least 4 members (excludes halogenated alkanes) is 21. The van der Waals surface area contributed by atoms with Gasteiger partial charge in [0, 0.05) is 19.6 Å². The van der Waals surface area contributed by atoms with Crippen LogP contribution in [0, 0.1) is 0 Å². The molecule has 0 aliphatic heterocycles. The lowest BCUT2D eigenvalue weighted by Crippen LogP contribution is -2.54. The van der Waals surface area contributed by atoms with Gasteiger partial charge in [0.15, 0.2) is 0 Å². The Morgan fingerprint density at radius 2 is 0.463 bits per heavy atom. The molecule has 1 heterocycles. The second-order valence-corrected chi connectivity index (χ2v) is 19.9. The van der Waals surface area contributed by atoms with Crippen molar-refractivity contribution in [2.24, 2.45) is 0 Å². The summed E-state index contributed by atoms with van der Waals surface area (Å²) in [6.07, 6.45) is 33.3. The molecule has 0 aromatic carbocycles. The molecular formula is C42H81N3O3S6. The molecule has 0 aliphatic rings. The fourth-order valence-electron chi connectivity index (χ4n) is 6.67. The number of thiol groups is 3. The van der Waals surface area contributed by atoms with E-state index in [4.69, 9.17) is 0 Å². The van der Waals surface area contributed by atoms with Crippen molar-refractivity contribution in [1.29, 1.82) is 0 Å². The van der Waals surface area contributed by atoms with Crippen LogP contribution in [0.2, 0.25) is 0 Å². The predicted molar refractivity (Wildman–Crippen MR) is 257 cm³/mol. The molecular weight excluding hydrogens is 787 g/mol. The highest BCUT2D eigenvalue weighted by atomic mass is 32.2. The van der Waals surface area contributed by atoms with Crippen LogP contribution in [0.4, 0.5) is 0 Å². The monoisotopic (exact) mass is 867 g/mol. The largest absolute Gasteiger partial charge is 0.336 e. The maximum atomic E-state index is 13.5. The van der Waals surface area contributed by atoms with Gasteiger partial charge in [-0.3, -0.25) is 0 Å². The van der Waals surface area contributed by atoms with Crippen molar-refractivity contribution < 1.29 is 0 Å². The van der Waals surface area contributed by atoms with Gasteiger partial charge in [0.05, 0.1) is 0 Å². The van der Waals surface area contributed by atoms with Crippen molar-refractivity contribution in [1.82, 2.24) is 13.7 Å². The molecule has 12 heteroatoms. The molecule has 0 bridgehead atoms. The molecule has 0 N–H and O–H groups in total. The van der Waals surface area contributed by atoms with Crippen LogP contribution in [0.3, 0.4) is 0 Å². The summed E-state index contributed by atoms with van der Waals surface area (Å²) in [4.78, 5) is 40.6. The third kappa shape index (κ3) is 28.8. The highest BCUT2D eigenvalue weighted by Crippen LogP contribution is 2.15. The molecule has 0 spiro atoms. The van der Waals surface area contributed by atoms with Crippen molar-refractivity contribution in [3.8, 4) is 0 Å². The summed E-state index contributed by atoms with van der Waals surface area (Å²) in [6.45, 7) is 1.14. The number of thioether (sulfide) groups is 3. The summed E-state index contributed by atoms with van der Waals surface area (Å²) in [7, 11) is 0. The summed E-state index contributed by atoms with van der Waals surface area (Å²) in [5.74, 6) is 9.16. The molecule has 0 fully saturated rings.